The van der Waals surface area contributed by atoms with Crippen LogP contribution in [0.1, 0.15) is 33.1 Å². The van der Waals surface area contributed by atoms with Gasteiger partial charge in [0.2, 0.25) is 0 Å². The quantitative estimate of drug-likeness (QED) is 0.590. The molecule has 1 fully saturated rings. The molecule has 0 aromatic rings. The number of hydrogen-bond acceptors (Lipinski definition) is 1. The molecule has 1 nitrogen and oxygen atoms in total. The third kappa shape index (κ3) is 3.77. The molecule has 0 N–H and O–H groups in total. The second kappa shape index (κ2) is 5.98. The van der Waals surface area contributed by atoms with Gasteiger partial charge in [0.15, 0.2) is 0 Å². The van der Waals surface area contributed by atoms with Crippen LogP contribution in [0.25, 0.3) is 0 Å². The van der Waals surface area contributed by atoms with E-state index >= 15 is 0 Å². The third-order valence-electron chi connectivity index (χ3n) is 2.64. The molecule has 0 radical (unpaired) electrons. The Morgan fingerprint density at radius 2 is 2.08 bits per heavy atom. The van der Waals surface area contributed by atoms with Crippen molar-refractivity contribution in [3.63, 3.8) is 0 Å². The van der Waals surface area contributed by atoms with Gasteiger partial charge in [-0.1, -0.05) is 37.6 Å². The Hall–Kier alpha value is -0.560. The minimum absolute atomic E-state index is 0.542. The van der Waals surface area contributed by atoms with Gasteiger partial charge in [0.1, 0.15) is 0 Å². The predicted octanol–water partition coefficient (Wildman–Crippen LogP) is 3.32. The molecule has 1 saturated carbocycles. The molecule has 0 amide bonds. The van der Waals surface area contributed by atoms with Crippen molar-refractivity contribution in [1.82, 2.24) is 0 Å². The fourth-order valence-electron chi connectivity index (χ4n) is 1.58. The van der Waals surface area contributed by atoms with Gasteiger partial charge in [0, 0.05) is 0 Å². The average Bonchev–Trinajstić information content (AvgIpc) is 2.08. The van der Waals surface area contributed by atoms with Crippen molar-refractivity contribution in [3.8, 4) is 0 Å². The summed E-state index contributed by atoms with van der Waals surface area (Å²) in [5, 5.41) is 0. The average molecular weight is 180 g/mol. The Morgan fingerprint density at radius 3 is 2.69 bits per heavy atom. The zero-order valence-corrected chi connectivity index (χ0v) is 8.70. The van der Waals surface area contributed by atoms with E-state index in [2.05, 4.69) is 13.0 Å². The Balaban J connectivity index is 1.96. The molecular formula is C12H20O. The van der Waals surface area contributed by atoms with Crippen LogP contribution in [0.15, 0.2) is 24.3 Å². The molecule has 0 unspecified atom stereocenters. The van der Waals surface area contributed by atoms with Crippen molar-refractivity contribution in [2.75, 3.05) is 6.61 Å². The molecule has 0 spiro atoms. The van der Waals surface area contributed by atoms with Crippen LogP contribution < -0.4 is 0 Å². The van der Waals surface area contributed by atoms with Crippen molar-refractivity contribution < 1.29 is 4.74 Å². The van der Waals surface area contributed by atoms with Gasteiger partial charge in [-0.15, -0.1) is 0 Å². The Bertz CT molecular complexity index is 176. The highest BCUT2D eigenvalue weighted by atomic mass is 16.5. The van der Waals surface area contributed by atoms with Gasteiger partial charge in [-0.3, -0.25) is 0 Å². The highest BCUT2D eigenvalue weighted by Gasteiger charge is 2.27. The van der Waals surface area contributed by atoms with Crippen LogP contribution in [-0.2, 0) is 4.74 Å². The maximum Gasteiger partial charge on any atom is 0.0654 e. The summed E-state index contributed by atoms with van der Waals surface area (Å²) in [5.74, 6) is 0.935. The molecule has 0 aliphatic heterocycles. The predicted molar refractivity (Wildman–Crippen MR) is 56.7 cm³/mol. The number of rotatable bonds is 5. The molecule has 0 atom stereocenters. The largest absolute Gasteiger partial charge is 0.374 e. The molecule has 0 aromatic heterocycles. The van der Waals surface area contributed by atoms with Crippen molar-refractivity contribution >= 4 is 0 Å². The van der Waals surface area contributed by atoms with Crippen LogP contribution in [0.5, 0.6) is 0 Å². The number of hydrogen-bond donors (Lipinski definition) is 0. The van der Waals surface area contributed by atoms with E-state index in [9.17, 15) is 0 Å². The first kappa shape index (κ1) is 10.5. The first-order valence-corrected chi connectivity index (χ1v) is 5.26. The van der Waals surface area contributed by atoms with Gasteiger partial charge in [-0.05, 0) is 25.7 Å². The Labute approximate surface area is 81.5 Å². The maximum absolute atomic E-state index is 5.64. The van der Waals surface area contributed by atoms with Gasteiger partial charge in [0.05, 0.1) is 12.7 Å². The maximum atomic E-state index is 5.64. The number of ether oxygens (including phenoxy) is 1. The highest BCUT2D eigenvalue weighted by molar-refractivity contribution is 5.01. The van der Waals surface area contributed by atoms with E-state index in [1.807, 2.05) is 25.2 Å². The standard InChI is InChI=1S/C12H20O/c1-3-5-6-7-8-13-12-9-11(4-2)10-12/h3,5-7,11-12H,4,8-10H2,1-2H3/b5-3+,7-6-. The second-order valence-corrected chi connectivity index (χ2v) is 3.65. The van der Waals surface area contributed by atoms with Crippen LogP contribution in [0.3, 0.4) is 0 Å². The van der Waals surface area contributed by atoms with Crippen LogP contribution in [0.2, 0.25) is 0 Å². The lowest BCUT2D eigenvalue weighted by atomic mass is 9.80. The Kier molecular flexibility index (Phi) is 4.84. The highest BCUT2D eigenvalue weighted by Crippen LogP contribution is 2.32. The van der Waals surface area contributed by atoms with E-state index in [-0.39, 0.29) is 0 Å². The van der Waals surface area contributed by atoms with E-state index in [1.165, 1.54) is 19.3 Å². The van der Waals surface area contributed by atoms with Gasteiger partial charge in [-0.25, -0.2) is 0 Å². The van der Waals surface area contributed by atoms with Gasteiger partial charge in [-0.2, -0.15) is 0 Å². The molecule has 1 rings (SSSR count). The summed E-state index contributed by atoms with van der Waals surface area (Å²) in [6, 6.07) is 0. The number of allylic oxidation sites excluding steroid dienone is 3. The van der Waals surface area contributed by atoms with Crippen LogP contribution >= 0.6 is 0 Å². The lowest BCUT2D eigenvalue weighted by molar-refractivity contribution is -0.0180. The molecule has 1 aliphatic rings. The minimum Gasteiger partial charge on any atom is -0.374 e. The lowest BCUT2D eigenvalue weighted by Crippen LogP contribution is -2.30. The molecule has 74 valence electrons. The normalized spacial score (nSPS) is 28.5. The first-order valence-electron chi connectivity index (χ1n) is 5.26. The van der Waals surface area contributed by atoms with Gasteiger partial charge < -0.3 is 4.74 Å². The summed E-state index contributed by atoms with van der Waals surface area (Å²) in [4.78, 5) is 0. The molecular weight excluding hydrogens is 160 g/mol. The SMILES string of the molecule is C/C=C/C=C\COC1CC(CC)C1. The van der Waals surface area contributed by atoms with Crippen molar-refractivity contribution in [2.45, 2.75) is 39.2 Å². The lowest BCUT2D eigenvalue weighted by Gasteiger charge is -2.34. The smallest absolute Gasteiger partial charge is 0.0654 e. The molecule has 0 aromatic carbocycles. The zero-order valence-electron chi connectivity index (χ0n) is 8.70. The molecule has 0 heterocycles. The fourth-order valence-corrected chi connectivity index (χ4v) is 1.58. The van der Waals surface area contributed by atoms with E-state index in [1.54, 1.807) is 0 Å². The molecule has 0 saturated heterocycles. The molecule has 0 bridgehead atoms. The molecule has 1 aliphatic carbocycles. The second-order valence-electron chi connectivity index (χ2n) is 3.65. The summed E-state index contributed by atoms with van der Waals surface area (Å²) < 4.78 is 5.64. The fraction of sp³-hybridized carbons (Fsp3) is 0.667. The van der Waals surface area contributed by atoms with E-state index < -0.39 is 0 Å². The molecule has 13 heavy (non-hydrogen) atoms. The third-order valence-corrected chi connectivity index (χ3v) is 2.64. The van der Waals surface area contributed by atoms with Crippen LogP contribution in [-0.4, -0.2) is 12.7 Å². The van der Waals surface area contributed by atoms with Crippen molar-refractivity contribution in [3.05, 3.63) is 24.3 Å². The van der Waals surface area contributed by atoms with Crippen LogP contribution in [0.4, 0.5) is 0 Å². The monoisotopic (exact) mass is 180 g/mol. The van der Waals surface area contributed by atoms with Crippen molar-refractivity contribution in [2.24, 2.45) is 5.92 Å². The first-order chi connectivity index (χ1) is 6.36. The van der Waals surface area contributed by atoms with E-state index in [4.69, 9.17) is 4.74 Å². The summed E-state index contributed by atoms with van der Waals surface area (Å²) in [6.07, 6.45) is 12.6. The van der Waals surface area contributed by atoms with Gasteiger partial charge in [0.25, 0.3) is 0 Å². The minimum atomic E-state index is 0.542. The summed E-state index contributed by atoms with van der Waals surface area (Å²) >= 11 is 0. The van der Waals surface area contributed by atoms with Crippen LogP contribution in [0, 0.1) is 5.92 Å². The van der Waals surface area contributed by atoms with E-state index in [0.29, 0.717) is 6.10 Å². The Morgan fingerprint density at radius 1 is 1.31 bits per heavy atom. The zero-order chi connectivity index (χ0) is 9.52. The summed E-state index contributed by atoms with van der Waals surface area (Å²) in [6.45, 7) is 5.04. The van der Waals surface area contributed by atoms with Crippen molar-refractivity contribution in [1.29, 1.82) is 0 Å². The molecule has 1 heteroatoms. The van der Waals surface area contributed by atoms with Gasteiger partial charge >= 0.3 is 0 Å². The summed E-state index contributed by atoms with van der Waals surface area (Å²) in [5.41, 5.74) is 0. The topological polar surface area (TPSA) is 9.23 Å². The van der Waals surface area contributed by atoms with E-state index in [0.717, 1.165) is 12.5 Å². The summed E-state index contributed by atoms with van der Waals surface area (Å²) in [7, 11) is 0.